The van der Waals surface area contributed by atoms with Gasteiger partial charge < -0.3 is 9.84 Å². The highest BCUT2D eigenvalue weighted by Gasteiger charge is 2.24. The lowest BCUT2D eigenvalue weighted by atomic mass is 10.2. The minimum absolute atomic E-state index is 0.105. The number of amides is 1. The van der Waals surface area contributed by atoms with Gasteiger partial charge in [0.25, 0.3) is 0 Å². The van der Waals surface area contributed by atoms with Gasteiger partial charge >= 0.3 is 0 Å². The van der Waals surface area contributed by atoms with Crippen molar-refractivity contribution in [2.75, 3.05) is 18.4 Å². The number of carbonyl (C=O) groups is 1. The van der Waals surface area contributed by atoms with Crippen LogP contribution < -0.4 is 5.32 Å². The van der Waals surface area contributed by atoms with Crippen LogP contribution in [0.5, 0.6) is 0 Å². The third kappa shape index (κ3) is 5.53. The topological polar surface area (TPSA) is 105 Å². The maximum atomic E-state index is 12.9. The summed E-state index contributed by atoms with van der Waals surface area (Å²) < 4.78 is 32.4. The van der Waals surface area contributed by atoms with Crippen LogP contribution in [0.15, 0.2) is 51.9 Å². The summed E-state index contributed by atoms with van der Waals surface area (Å²) in [5, 5.41) is 7.28. The van der Waals surface area contributed by atoms with E-state index in [0.717, 1.165) is 5.56 Å². The molecule has 1 N–H and O–H groups in total. The number of benzene rings is 2. The highest BCUT2D eigenvalue weighted by Crippen LogP contribution is 2.24. The van der Waals surface area contributed by atoms with Crippen molar-refractivity contribution < 1.29 is 17.7 Å². The van der Waals surface area contributed by atoms with E-state index in [2.05, 4.69) is 15.5 Å². The van der Waals surface area contributed by atoms with Crippen LogP contribution in [0.1, 0.15) is 31.7 Å². The molecule has 0 spiro atoms. The first kappa shape index (κ1) is 23.9. The van der Waals surface area contributed by atoms with Crippen LogP contribution in [-0.4, -0.2) is 41.9 Å². The molecule has 170 valence electrons. The molecule has 0 saturated carbocycles. The van der Waals surface area contributed by atoms with Crippen molar-refractivity contribution in [3.8, 4) is 11.4 Å². The summed E-state index contributed by atoms with van der Waals surface area (Å²) in [7, 11) is -3.63. The first-order chi connectivity index (χ1) is 15.2. The molecule has 0 atom stereocenters. The Morgan fingerprint density at radius 2 is 1.81 bits per heavy atom. The monoisotopic (exact) mass is 476 g/mol. The minimum atomic E-state index is -3.63. The molecule has 0 radical (unpaired) electrons. The van der Waals surface area contributed by atoms with E-state index in [1.54, 1.807) is 57.2 Å². The van der Waals surface area contributed by atoms with E-state index >= 15 is 0 Å². The van der Waals surface area contributed by atoms with E-state index in [0.29, 0.717) is 41.1 Å². The maximum Gasteiger partial charge on any atom is 0.243 e. The zero-order valence-electron chi connectivity index (χ0n) is 18.1. The van der Waals surface area contributed by atoms with E-state index in [1.165, 1.54) is 10.4 Å². The Morgan fingerprint density at radius 1 is 1.12 bits per heavy atom. The highest BCUT2D eigenvalue weighted by molar-refractivity contribution is 7.89. The van der Waals surface area contributed by atoms with Crippen LogP contribution in [0.25, 0.3) is 11.4 Å². The normalized spacial score (nSPS) is 11.7. The van der Waals surface area contributed by atoms with Gasteiger partial charge in [0, 0.05) is 42.2 Å². The van der Waals surface area contributed by atoms with E-state index in [4.69, 9.17) is 16.1 Å². The standard InChI is InChI=1S/C22H25ClN4O4S/c1-4-27(5-2)32(29,30)19-14-18(11-6-15(19)3)24-20(28)12-13-21-25-22(26-31-21)16-7-9-17(23)10-8-16/h6-11,14H,4-5,12-13H2,1-3H3,(H,24,28). The number of nitrogens with one attached hydrogen (secondary N) is 1. The number of carbonyl (C=O) groups excluding carboxylic acids is 1. The van der Waals surface area contributed by atoms with Gasteiger partial charge in [-0.05, 0) is 48.9 Å². The second-order valence-corrected chi connectivity index (χ2v) is 9.48. The molecule has 8 nitrogen and oxygen atoms in total. The van der Waals surface area contributed by atoms with Crippen LogP contribution in [0.3, 0.4) is 0 Å². The summed E-state index contributed by atoms with van der Waals surface area (Å²) in [6.07, 6.45) is 0.358. The van der Waals surface area contributed by atoms with Crippen molar-refractivity contribution >= 4 is 33.2 Å². The minimum Gasteiger partial charge on any atom is -0.339 e. The lowest BCUT2D eigenvalue weighted by Crippen LogP contribution is -2.31. The second kappa shape index (κ2) is 10.2. The third-order valence-electron chi connectivity index (χ3n) is 4.93. The Morgan fingerprint density at radius 3 is 2.47 bits per heavy atom. The van der Waals surface area contributed by atoms with Crippen molar-refractivity contribution in [1.82, 2.24) is 14.4 Å². The zero-order valence-corrected chi connectivity index (χ0v) is 19.7. The summed E-state index contributed by atoms with van der Waals surface area (Å²) in [5.74, 6) is 0.465. The summed E-state index contributed by atoms with van der Waals surface area (Å²) in [6.45, 7) is 6.06. The first-order valence-corrected chi connectivity index (χ1v) is 12.1. The quantitative estimate of drug-likeness (QED) is 0.493. The van der Waals surface area contributed by atoms with Crippen LogP contribution in [0.4, 0.5) is 5.69 Å². The average Bonchev–Trinajstić information content (AvgIpc) is 3.24. The van der Waals surface area contributed by atoms with Gasteiger partial charge in [0.05, 0.1) is 4.90 Å². The number of anilines is 1. The first-order valence-electron chi connectivity index (χ1n) is 10.2. The van der Waals surface area contributed by atoms with Crippen molar-refractivity contribution in [2.45, 2.75) is 38.5 Å². The predicted molar refractivity (Wildman–Crippen MR) is 123 cm³/mol. The number of hydrogen-bond donors (Lipinski definition) is 1. The Kier molecular flexibility index (Phi) is 7.65. The van der Waals surface area contributed by atoms with Gasteiger partial charge in [0.2, 0.25) is 27.6 Å². The fourth-order valence-electron chi connectivity index (χ4n) is 3.17. The molecule has 3 aromatic rings. The molecule has 10 heteroatoms. The molecule has 3 rings (SSSR count). The van der Waals surface area contributed by atoms with E-state index in [9.17, 15) is 13.2 Å². The summed E-state index contributed by atoms with van der Waals surface area (Å²) >= 11 is 5.88. The molecule has 2 aromatic carbocycles. The lowest BCUT2D eigenvalue weighted by Gasteiger charge is -2.20. The van der Waals surface area contributed by atoms with E-state index in [-0.39, 0.29) is 23.6 Å². The lowest BCUT2D eigenvalue weighted by molar-refractivity contribution is -0.116. The fraction of sp³-hybridized carbons (Fsp3) is 0.318. The largest absolute Gasteiger partial charge is 0.339 e. The molecule has 0 fully saturated rings. The number of hydrogen-bond acceptors (Lipinski definition) is 6. The van der Waals surface area contributed by atoms with Gasteiger partial charge in [-0.2, -0.15) is 9.29 Å². The van der Waals surface area contributed by atoms with Crippen molar-refractivity contribution in [2.24, 2.45) is 0 Å². The zero-order chi connectivity index (χ0) is 23.3. The molecule has 1 amide bonds. The number of halogens is 1. The van der Waals surface area contributed by atoms with Crippen LogP contribution in [0, 0.1) is 6.92 Å². The number of aromatic nitrogens is 2. The molecular weight excluding hydrogens is 452 g/mol. The summed E-state index contributed by atoms with van der Waals surface area (Å²) in [4.78, 5) is 16.9. The molecule has 1 heterocycles. The second-order valence-electron chi connectivity index (χ2n) is 7.14. The maximum absolute atomic E-state index is 12.9. The number of rotatable bonds is 9. The Bertz CT molecular complexity index is 1190. The Hall–Kier alpha value is -2.75. The molecule has 1 aromatic heterocycles. The van der Waals surface area contributed by atoms with Crippen LogP contribution in [0.2, 0.25) is 5.02 Å². The van der Waals surface area contributed by atoms with Gasteiger partial charge in [-0.3, -0.25) is 4.79 Å². The Labute approximate surface area is 192 Å². The van der Waals surface area contributed by atoms with Gasteiger partial charge in [-0.1, -0.05) is 36.7 Å². The van der Waals surface area contributed by atoms with Crippen LogP contribution >= 0.6 is 11.6 Å². The SMILES string of the molecule is CCN(CC)S(=O)(=O)c1cc(NC(=O)CCc2nc(-c3ccc(Cl)cc3)no2)ccc1C. The predicted octanol–water partition coefficient (Wildman–Crippen LogP) is 4.30. The van der Waals surface area contributed by atoms with Gasteiger partial charge in [0.15, 0.2) is 0 Å². The summed E-state index contributed by atoms with van der Waals surface area (Å²) in [6, 6.07) is 11.9. The number of nitrogens with zero attached hydrogens (tertiary/aromatic N) is 3. The molecular formula is C22H25ClN4O4S. The molecule has 32 heavy (non-hydrogen) atoms. The van der Waals surface area contributed by atoms with Gasteiger partial charge in [-0.25, -0.2) is 8.42 Å². The molecule has 0 aliphatic carbocycles. The smallest absolute Gasteiger partial charge is 0.243 e. The van der Waals surface area contributed by atoms with E-state index in [1.807, 2.05) is 0 Å². The fourth-order valence-corrected chi connectivity index (χ4v) is 5.01. The van der Waals surface area contributed by atoms with Crippen LogP contribution in [-0.2, 0) is 21.2 Å². The molecule has 0 saturated heterocycles. The molecule has 0 aliphatic rings. The average molecular weight is 477 g/mol. The number of aryl methyl sites for hydroxylation is 2. The molecule has 0 unspecified atom stereocenters. The molecule has 0 aliphatic heterocycles. The van der Waals surface area contributed by atoms with Crippen molar-refractivity contribution in [3.05, 3.63) is 58.9 Å². The summed E-state index contributed by atoms with van der Waals surface area (Å²) in [5.41, 5.74) is 1.80. The van der Waals surface area contributed by atoms with Gasteiger partial charge in [0.1, 0.15) is 0 Å². The molecule has 0 bridgehead atoms. The Balaban J connectivity index is 1.65. The highest BCUT2D eigenvalue weighted by atomic mass is 35.5. The van der Waals surface area contributed by atoms with E-state index < -0.39 is 10.0 Å². The van der Waals surface area contributed by atoms with Crippen molar-refractivity contribution in [3.63, 3.8) is 0 Å². The van der Waals surface area contributed by atoms with Crippen molar-refractivity contribution in [1.29, 1.82) is 0 Å². The third-order valence-corrected chi connectivity index (χ3v) is 7.38. The number of sulfonamides is 1. The van der Waals surface area contributed by atoms with Gasteiger partial charge in [-0.15, -0.1) is 0 Å².